The van der Waals surface area contributed by atoms with E-state index < -0.39 is 17.8 Å². The molecule has 3 N–H and O–H groups in total. The normalized spacial score (nSPS) is 10.7. The third kappa shape index (κ3) is 7.67. The molecule has 0 atom stereocenters. The molecule has 0 aliphatic heterocycles. The lowest BCUT2D eigenvalue weighted by Crippen LogP contribution is -2.27. The van der Waals surface area contributed by atoms with E-state index in [9.17, 15) is 14.4 Å². The SMILES string of the molecule is CC(C)(C)OC(=O)Nc1ccccc1NC(=O)c1ccc(NC(=O)OCc2ccccc2)cc1. The van der Waals surface area contributed by atoms with Gasteiger partial charge in [0.25, 0.3) is 5.91 Å². The van der Waals surface area contributed by atoms with Crippen LogP contribution >= 0.6 is 0 Å². The lowest BCUT2D eigenvalue weighted by molar-refractivity contribution is 0.0635. The largest absolute Gasteiger partial charge is 0.444 e. The van der Waals surface area contributed by atoms with Gasteiger partial charge in [-0.2, -0.15) is 0 Å². The third-order valence-electron chi connectivity index (χ3n) is 4.42. The van der Waals surface area contributed by atoms with E-state index in [-0.39, 0.29) is 12.5 Å². The van der Waals surface area contributed by atoms with Crippen molar-refractivity contribution in [2.75, 3.05) is 16.0 Å². The molecule has 3 rings (SSSR count). The molecule has 8 heteroatoms. The molecule has 0 unspecified atom stereocenters. The highest BCUT2D eigenvalue weighted by molar-refractivity contribution is 6.07. The summed E-state index contributed by atoms with van der Waals surface area (Å²) in [5.74, 6) is -0.378. The quantitative estimate of drug-likeness (QED) is 0.415. The summed E-state index contributed by atoms with van der Waals surface area (Å²) in [5.41, 5.74) is 1.92. The predicted molar refractivity (Wildman–Crippen MR) is 131 cm³/mol. The first kappa shape index (κ1) is 24.3. The molecule has 0 aliphatic carbocycles. The van der Waals surface area contributed by atoms with Crippen LogP contribution in [0.4, 0.5) is 26.7 Å². The van der Waals surface area contributed by atoms with Crippen LogP contribution in [0.2, 0.25) is 0 Å². The number of hydrogen-bond acceptors (Lipinski definition) is 5. The average Bonchev–Trinajstić information content (AvgIpc) is 2.79. The van der Waals surface area contributed by atoms with Crippen LogP contribution in [0, 0.1) is 0 Å². The fraction of sp³-hybridized carbons (Fsp3) is 0.192. The van der Waals surface area contributed by atoms with Gasteiger partial charge in [0.1, 0.15) is 12.2 Å². The Morgan fingerprint density at radius 1 is 0.706 bits per heavy atom. The number of amides is 3. The molecule has 3 aromatic carbocycles. The topological polar surface area (TPSA) is 106 Å². The Morgan fingerprint density at radius 3 is 1.91 bits per heavy atom. The number of carbonyl (C=O) groups is 3. The van der Waals surface area contributed by atoms with Crippen molar-refractivity contribution < 1.29 is 23.9 Å². The van der Waals surface area contributed by atoms with Crippen LogP contribution in [0.25, 0.3) is 0 Å². The van der Waals surface area contributed by atoms with Crippen molar-refractivity contribution in [1.82, 2.24) is 0 Å². The van der Waals surface area contributed by atoms with Gasteiger partial charge in [0.15, 0.2) is 0 Å². The third-order valence-corrected chi connectivity index (χ3v) is 4.42. The van der Waals surface area contributed by atoms with Crippen molar-refractivity contribution >= 4 is 35.2 Å². The van der Waals surface area contributed by atoms with Gasteiger partial charge in [0.05, 0.1) is 11.4 Å². The van der Waals surface area contributed by atoms with Gasteiger partial charge in [-0.1, -0.05) is 42.5 Å². The average molecular weight is 462 g/mol. The van der Waals surface area contributed by atoms with E-state index in [1.807, 2.05) is 30.3 Å². The molecule has 34 heavy (non-hydrogen) atoms. The number of ether oxygens (including phenoxy) is 2. The monoisotopic (exact) mass is 461 g/mol. The standard InChI is InChI=1S/C26H27N3O5/c1-26(2,3)34-25(32)29-22-12-8-7-11-21(22)28-23(30)19-13-15-20(16-14-19)27-24(31)33-17-18-9-5-4-6-10-18/h4-16H,17H2,1-3H3,(H,27,31)(H,28,30)(H,29,32). The first-order chi connectivity index (χ1) is 16.2. The molecule has 8 nitrogen and oxygen atoms in total. The minimum atomic E-state index is -0.647. The Morgan fingerprint density at radius 2 is 1.29 bits per heavy atom. The summed E-state index contributed by atoms with van der Waals surface area (Å²) in [5, 5.41) is 8.04. The number of rotatable bonds is 6. The van der Waals surface area contributed by atoms with Crippen molar-refractivity contribution in [3.8, 4) is 0 Å². The predicted octanol–water partition coefficient (Wildman–Crippen LogP) is 6.03. The van der Waals surface area contributed by atoms with Gasteiger partial charge in [0.2, 0.25) is 0 Å². The zero-order valence-electron chi connectivity index (χ0n) is 19.3. The Bertz CT molecular complexity index is 1140. The Balaban J connectivity index is 1.57. The maximum atomic E-state index is 12.7. The maximum absolute atomic E-state index is 12.7. The summed E-state index contributed by atoms with van der Waals surface area (Å²) in [6.07, 6.45) is -1.22. The van der Waals surface area contributed by atoms with E-state index >= 15 is 0 Å². The van der Waals surface area contributed by atoms with Crippen molar-refractivity contribution in [3.63, 3.8) is 0 Å². The summed E-state index contributed by atoms with van der Waals surface area (Å²) in [4.78, 5) is 36.8. The van der Waals surface area contributed by atoms with Crippen LogP contribution < -0.4 is 16.0 Å². The highest BCUT2D eigenvalue weighted by atomic mass is 16.6. The second-order valence-corrected chi connectivity index (χ2v) is 8.39. The lowest BCUT2D eigenvalue weighted by atomic mass is 10.2. The van der Waals surface area contributed by atoms with Gasteiger partial charge in [-0.05, 0) is 62.7 Å². The molecule has 0 saturated heterocycles. The summed E-state index contributed by atoms with van der Waals surface area (Å²) >= 11 is 0. The van der Waals surface area contributed by atoms with Gasteiger partial charge in [-0.15, -0.1) is 0 Å². The lowest BCUT2D eigenvalue weighted by Gasteiger charge is -2.20. The fourth-order valence-corrected chi connectivity index (χ4v) is 2.89. The molecule has 0 fully saturated rings. The van der Waals surface area contributed by atoms with E-state index in [4.69, 9.17) is 9.47 Å². The summed E-state index contributed by atoms with van der Waals surface area (Å²) in [6, 6.07) is 22.5. The van der Waals surface area contributed by atoms with Crippen molar-refractivity contribution in [1.29, 1.82) is 0 Å². The van der Waals surface area contributed by atoms with Crippen molar-refractivity contribution in [2.45, 2.75) is 33.0 Å². The van der Waals surface area contributed by atoms with Crippen LogP contribution in [0.3, 0.4) is 0 Å². The molecule has 3 amide bonds. The van der Waals surface area contributed by atoms with Crippen LogP contribution in [0.15, 0.2) is 78.9 Å². The number of benzene rings is 3. The van der Waals surface area contributed by atoms with Crippen molar-refractivity contribution in [2.24, 2.45) is 0 Å². The zero-order chi connectivity index (χ0) is 24.6. The maximum Gasteiger partial charge on any atom is 0.412 e. The molecule has 0 radical (unpaired) electrons. The Hall–Kier alpha value is -4.33. The number of carbonyl (C=O) groups excluding carboxylic acids is 3. The van der Waals surface area contributed by atoms with Crippen LogP contribution in [-0.2, 0) is 16.1 Å². The summed E-state index contributed by atoms with van der Waals surface area (Å²) < 4.78 is 10.5. The molecule has 0 heterocycles. The van der Waals surface area contributed by atoms with E-state index in [1.54, 1.807) is 69.3 Å². The Labute approximate surface area is 198 Å². The molecule has 3 aromatic rings. The molecular weight excluding hydrogens is 434 g/mol. The Kier molecular flexibility index (Phi) is 7.87. The molecule has 0 saturated carbocycles. The van der Waals surface area contributed by atoms with Crippen LogP contribution in [-0.4, -0.2) is 23.7 Å². The molecule has 0 aliphatic rings. The molecule has 176 valence electrons. The van der Waals surface area contributed by atoms with E-state index in [2.05, 4.69) is 16.0 Å². The highest BCUT2D eigenvalue weighted by Gasteiger charge is 2.18. The number of anilines is 3. The second-order valence-electron chi connectivity index (χ2n) is 8.39. The van der Waals surface area contributed by atoms with Gasteiger partial charge >= 0.3 is 12.2 Å². The minimum Gasteiger partial charge on any atom is -0.444 e. The fourth-order valence-electron chi connectivity index (χ4n) is 2.89. The van der Waals surface area contributed by atoms with E-state index in [0.717, 1.165) is 5.56 Å². The number of nitrogens with one attached hydrogen (secondary N) is 3. The van der Waals surface area contributed by atoms with E-state index in [1.165, 1.54) is 0 Å². The van der Waals surface area contributed by atoms with E-state index in [0.29, 0.717) is 22.6 Å². The van der Waals surface area contributed by atoms with Crippen LogP contribution in [0.1, 0.15) is 36.7 Å². The van der Waals surface area contributed by atoms with Gasteiger partial charge in [0, 0.05) is 11.3 Å². The smallest absolute Gasteiger partial charge is 0.412 e. The second kappa shape index (κ2) is 11.0. The highest BCUT2D eigenvalue weighted by Crippen LogP contribution is 2.23. The number of hydrogen-bond donors (Lipinski definition) is 3. The van der Waals surface area contributed by atoms with Gasteiger partial charge < -0.3 is 14.8 Å². The van der Waals surface area contributed by atoms with Gasteiger partial charge in [-0.3, -0.25) is 15.4 Å². The first-order valence-corrected chi connectivity index (χ1v) is 10.7. The summed E-state index contributed by atoms with van der Waals surface area (Å²) in [6.45, 7) is 5.45. The molecular formula is C26H27N3O5. The molecule has 0 spiro atoms. The first-order valence-electron chi connectivity index (χ1n) is 10.7. The zero-order valence-corrected chi connectivity index (χ0v) is 19.3. The molecule has 0 bridgehead atoms. The van der Waals surface area contributed by atoms with Crippen LogP contribution in [0.5, 0.6) is 0 Å². The van der Waals surface area contributed by atoms with Crippen molar-refractivity contribution in [3.05, 3.63) is 90.0 Å². The summed E-state index contributed by atoms with van der Waals surface area (Å²) in [7, 11) is 0. The minimum absolute atomic E-state index is 0.157. The molecule has 0 aromatic heterocycles. The number of para-hydroxylation sites is 2. The van der Waals surface area contributed by atoms with Gasteiger partial charge in [-0.25, -0.2) is 9.59 Å².